The third kappa shape index (κ3) is 9.00. The van der Waals surface area contributed by atoms with E-state index in [0.29, 0.717) is 108 Å². The van der Waals surface area contributed by atoms with Crippen LogP contribution in [0.1, 0.15) is 11.4 Å². The van der Waals surface area contributed by atoms with Crippen molar-refractivity contribution in [1.82, 2.24) is 60.5 Å². The van der Waals surface area contributed by atoms with Crippen LogP contribution in [0.5, 0.6) is 11.5 Å². The number of hydrazine groups is 1. The van der Waals surface area contributed by atoms with Crippen molar-refractivity contribution in [3.63, 3.8) is 0 Å². The van der Waals surface area contributed by atoms with Gasteiger partial charge in [0.2, 0.25) is 0 Å². The SMILES string of the molecule is COc1cncc2nc(-c3ccnc(N(c4cccc(C(F)(F)F)n4)N(c4cc(-c5nc(N6CCNCC6)c6c(OC)cncc6n5)ccn4)c4cccc(C(F)(F)F)n4)c3)nc(N3CCNCC3)c12. The van der Waals surface area contributed by atoms with E-state index in [9.17, 15) is 26.3 Å². The molecule has 358 valence electrons. The fourth-order valence-electron chi connectivity index (χ4n) is 8.24. The largest absolute Gasteiger partial charge is 0.494 e. The van der Waals surface area contributed by atoms with Crippen LogP contribution in [0, 0.1) is 0 Å². The van der Waals surface area contributed by atoms with Crippen LogP contribution >= 0.6 is 0 Å². The molecule has 8 aromatic rings. The number of alkyl halides is 6. The van der Waals surface area contributed by atoms with Crippen LogP contribution in [0.25, 0.3) is 44.6 Å². The van der Waals surface area contributed by atoms with Gasteiger partial charge in [0, 0.05) is 75.9 Å². The van der Waals surface area contributed by atoms with Crippen molar-refractivity contribution in [3.05, 3.63) is 109 Å². The molecule has 0 atom stereocenters. The standard InChI is InChI=1S/C46H40F6N16O2/c1-69-31-25-55-23-29-39(31)43(65-17-13-53-14-18-65)63-41(59-29)27-9-11-57-37(21-27)67(35-7-3-5-33(61-35)45(47,48)49)68(36-8-4-6-34(62-36)46(50,51)52)38-22-28(10-12-58-38)42-60-30-24-56-26-32(70-2)40(30)44(64-42)66-19-15-54-16-20-66/h3-12,21-26,53-54H,13-20H2,1-2H3. The van der Waals surface area contributed by atoms with Gasteiger partial charge in [0.15, 0.2) is 34.9 Å². The van der Waals surface area contributed by atoms with E-state index >= 15 is 0 Å². The minimum absolute atomic E-state index is 0.131. The molecule has 0 saturated carbocycles. The highest BCUT2D eigenvalue weighted by atomic mass is 19.4. The lowest BCUT2D eigenvalue weighted by atomic mass is 10.2. The molecule has 2 N–H and O–H groups in total. The van der Waals surface area contributed by atoms with Crippen LogP contribution in [-0.2, 0) is 12.4 Å². The maximum Gasteiger partial charge on any atom is 0.433 e. The predicted molar refractivity (Wildman–Crippen MR) is 247 cm³/mol. The molecule has 0 amide bonds. The number of nitrogens with one attached hydrogen (secondary N) is 2. The molecular formula is C46H40F6N16O2. The van der Waals surface area contributed by atoms with Gasteiger partial charge >= 0.3 is 12.4 Å². The van der Waals surface area contributed by atoms with Crippen molar-refractivity contribution in [1.29, 1.82) is 0 Å². The van der Waals surface area contributed by atoms with Gasteiger partial charge in [-0.15, -0.1) is 0 Å². The molecule has 8 aromatic heterocycles. The zero-order chi connectivity index (χ0) is 48.6. The molecule has 2 aliphatic heterocycles. The molecule has 18 nitrogen and oxygen atoms in total. The van der Waals surface area contributed by atoms with Gasteiger partial charge in [-0.3, -0.25) is 9.97 Å². The van der Waals surface area contributed by atoms with Gasteiger partial charge in [-0.2, -0.15) is 26.3 Å². The summed E-state index contributed by atoms with van der Waals surface area (Å²) in [6, 6.07) is 12.5. The molecule has 0 unspecified atom stereocenters. The van der Waals surface area contributed by atoms with Crippen molar-refractivity contribution in [2.75, 3.05) is 86.4 Å². The number of halogens is 6. The Morgan fingerprint density at radius 1 is 0.514 bits per heavy atom. The van der Waals surface area contributed by atoms with Crippen molar-refractivity contribution < 1.29 is 35.8 Å². The van der Waals surface area contributed by atoms with E-state index in [1.54, 1.807) is 36.9 Å². The van der Waals surface area contributed by atoms with Crippen molar-refractivity contribution >= 4 is 56.7 Å². The first-order chi connectivity index (χ1) is 33.9. The Balaban J connectivity index is 1.19. The molecule has 10 heterocycles. The highest BCUT2D eigenvalue weighted by Crippen LogP contribution is 2.41. The summed E-state index contributed by atoms with van der Waals surface area (Å²) >= 11 is 0. The van der Waals surface area contributed by atoms with E-state index < -0.39 is 35.4 Å². The Bertz CT molecular complexity index is 2990. The summed E-state index contributed by atoms with van der Waals surface area (Å²) in [5.74, 6) is 1.26. The molecule has 2 fully saturated rings. The fraction of sp³-hybridized carbons (Fsp3) is 0.261. The number of rotatable bonds is 11. The normalized spacial score (nSPS) is 14.5. The lowest BCUT2D eigenvalue weighted by Gasteiger charge is -2.35. The van der Waals surface area contributed by atoms with E-state index in [0.717, 1.165) is 34.3 Å². The van der Waals surface area contributed by atoms with Gasteiger partial charge in [-0.1, -0.05) is 12.1 Å². The van der Waals surface area contributed by atoms with Crippen LogP contribution in [0.2, 0.25) is 0 Å². The quantitative estimate of drug-likeness (QED) is 0.0993. The topological polar surface area (TPSA) is 184 Å². The number of aromatic nitrogens is 10. The average molecular weight is 963 g/mol. The van der Waals surface area contributed by atoms with Gasteiger partial charge in [0.25, 0.3) is 0 Å². The zero-order valence-corrected chi connectivity index (χ0v) is 37.2. The van der Waals surface area contributed by atoms with Crippen molar-refractivity contribution in [3.8, 4) is 34.3 Å². The molecule has 0 spiro atoms. The highest BCUT2D eigenvalue weighted by Gasteiger charge is 2.37. The lowest BCUT2D eigenvalue weighted by Crippen LogP contribution is -2.44. The van der Waals surface area contributed by atoms with Crippen molar-refractivity contribution in [2.24, 2.45) is 0 Å². The minimum atomic E-state index is -4.93. The first-order valence-electron chi connectivity index (χ1n) is 21.8. The molecule has 24 heteroatoms. The molecule has 70 heavy (non-hydrogen) atoms. The molecule has 0 aromatic carbocycles. The van der Waals surface area contributed by atoms with Crippen LogP contribution in [-0.4, -0.2) is 116 Å². The third-order valence-electron chi connectivity index (χ3n) is 11.5. The lowest BCUT2D eigenvalue weighted by molar-refractivity contribution is -0.141. The summed E-state index contributed by atoms with van der Waals surface area (Å²) in [6.07, 6.45) is -0.872. The number of hydrogen-bond acceptors (Lipinski definition) is 18. The Morgan fingerprint density at radius 2 is 0.929 bits per heavy atom. The number of methoxy groups -OCH3 is 2. The summed E-state index contributed by atoms with van der Waals surface area (Å²) in [5.41, 5.74) is -1.05. The summed E-state index contributed by atoms with van der Waals surface area (Å²) in [7, 11) is 3.03. The van der Waals surface area contributed by atoms with Crippen LogP contribution in [0.4, 0.5) is 61.2 Å². The Labute approximate surface area is 394 Å². The number of piperazine rings is 2. The van der Waals surface area contributed by atoms with Crippen LogP contribution in [0.15, 0.2) is 97.8 Å². The number of hydrogen-bond donors (Lipinski definition) is 2. The van der Waals surface area contributed by atoms with E-state index in [1.807, 2.05) is 0 Å². The van der Waals surface area contributed by atoms with Gasteiger partial charge in [0.05, 0.1) is 60.8 Å². The Hall–Kier alpha value is -8.12. The molecule has 0 aliphatic carbocycles. The first kappa shape index (κ1) is 45.7. The number of anilines is 6. The number of ether oxygens (including phenoxy) is 2. The summed E-state index contributed by atoms with van der Waals surface area (Å²) in [4.78, 5) is 49.7. The number of nitrogens with zero attached hydrogens (tertiary/aromatic N) is 14. The molecule has 10 rings (SSSR count). The summed E-state index contributed by atoms with van der Waals surface area (Å²) in [6.45, 7) is 5.12. The molecule has 0 radical (unpaired) electrons. The highest BCUT2D eigenvalue weighted by molar-refractivity contribution is 5.97. The molecular weight excluding hydrogens is 923 g/mol. The maximum atomic E-state index is 14.6. The Morgan fingerprint density at radius 3 is 1.31 bits per heavy atom. The van der Waals surface area contributed by atoms with E-state index in [-0.39, 0.29) is 23.3 Å². The summed E-state index contributed by atoms with van der Waals surface area (Å²) < 4.78 is 98.7. The van der Waals surface area contributed by atoms with Gasteiger partial charge in [0.1, 0.15) is 34.5 Å². The predicted octanol–water partition coefficient (Wildman–Crippen LogP) is 7.04. The number of fused-ring (bicyclic) bond motifs is 2. The van der Waals surface area contributed by atoms with E-state index in [4.69, 9.17) is 29.4 Å². The maximum absolute atomic E-state index is 14.6. The van der Waals surface area contributed by atoms with Crippen LogP contribution < -0.4 is 39.9 Å². The second-order valence-electron chi connectivity index (χ2n) is 15.9. The van der Waals surface area contributed by atoms with Gasteiger partial charge in [-0.25, -0.2) is 49.9 Å². The average Bonchev–Trinajstić information content (AvgIpc) is 3.39. The van der Waals surface area contributed by atoms with E-state index in [2.05, 4.69) is 50.3 Å². The summed E-state index contributed by atoms with van der Waals surface area (Å²) in [5, 5.41) is 10.1. The zero-order valence-electron chi connectivity index (χ0n) is 37.2. The molecule has 2 saturated heterocycles. The molecule has 0 bridgehead atoms. The molecule has 2 aliphatic rings. The van der Waals surface area contributed by atoms with Crippen LogP contribution in [0.3, 0.4) is 0 Å². The van der Waals surface area contributed by atoms with E-state index in [1.165, 1.54) is 50.9 Å². The number of pyridine rings is 6. The second-order valence-corrected chi connectivity index (χ2v) is 15.9. The van der Waals surface area contributed by atoms with Gasteiger partial charge < -0.3 is 29.9 Å². The van der Waals surface area contributed by atoms with Gasteiger partial charge in [-0.05, 0) is 48.5 Å². The Kier molecular flexibility index (Phi) is 12.2. The first-order valence-corrected chi connectivity index (χ1v) is 21.8. The fourth-order valence-corrected chi connectivity index (χ4v) is 8.24. The third-order valence-corrected chi connectivity index (χ3v) is 11.5. The van der Waals surface area contributed by atoms with Crippen molar-refractivity contribution in [2.45, 2.75) is 12.4 Å². The smallest absolute Gasteiger partial charge is 0.433 e. The second kappa shape index (κ2) is 18.8. The minimum Gasteiger partial charge on any atom is -0.494 e. The monoisotopic (exact) mass is 962 g/mol.